The predicted octanol–water partition coefficient (Wildman–Crippen LogP) is 4.68. The Bertz CT molecular complexity index is 1010. The summed E-state index contributed by atoms with van der Waals surface area (Å²) in [5.41, 5.74) is 1.94. The zero-order valence-electron chi connectivity index (χ0n) is 16.9. The van der Waals surface area contributed by atoms with Crippen molar-refractivity contribution in [2.75, 3.05) is 25.1 Å². The lowest BCUT2D eigenvalue weighted by atomic mass is 10.1. The average molecular weight is 418 g/mol. The van der Waals surface area contributed by atoms with Crippen molar-refractivity contribution in [3.05, 3.63) is 40.9 Å². The van der Waals surface area contributed by atoms with E-state index in [1.165, 1.54) is 0 Å². The van der Waals surface area contributed by atoms with Gasteiger partial charge in [-0.15, -0.1) is 0 Å². The molecule has 0 radical (unpaired) electrons. The number of ether oxygens (including phenoxy) is 3. The Morgan fingerprint density at radius 2 is 1.66 bits per heavy atom. The van der Waals surface area contributed by atoms with E-state index in [0.717, 1.165) is 5.52 Å². The van der Waals surface area contributed by atoms with Gasteiger partial charge in [-0.3, -0.25) is 10.1 Å². The van der Waals surface area contributed by atoms with Crippen molar-refractivity contribution in [2.45, 2.75) is 20.8 Å². The Balaban J connectivity index is 1.97. The van der Waals surface area contributed by atoms with Gasteiger partial charge in [0, 0.05) is 17.6 Å². The molecule has 0 saturated heterocycles. The molecule has 3 aromatic rings. The van der Waals surface area contributed by atoms with Crippen molar-refractivity contribution in [3.63, 3.8) is 0 Å². The van der Waals surface area contributed by atoms with E-state index in [1.807, 2.05) is 33.9 Å². The zero-order chi connectivity index (χ0) is 21.0. The topological polar surface area (TPSA) is 74.6 Å². The molecule has 0 saturated carbocycles. The smallest absolute Gasteiger partial charge is 0.258 e. The lowest BCUT2D eigenvalue weighted by molar-refractivity contribution is 0.102. The maximum absolute atomic E-state index is 12.9. The Morgan fingerprint density at radius 1 is 1.03 bits per heavy atom. The van der Waals surface area contributed by atoms with Crippen LogP contribution in [0.4, 0.5) is 5.95 Å². The number of aryl methyl sites for hydroxylation is 1. The van der Waals surface area contributed by atoms with Gasteiger partial charge in [0.15, 0.2) is 11.5 Å². The number of nitrogens with zero attached hydrogens (tertiary/aromatic N) is 2. The normalized spacial score (nSPS) is 10.8. The van der Waals surface area contributed by atoms with Crippen LogP contribution in [0.5, 0.6) is 17.2 Å². The first-order chi connectivity index (χ1) is 14.0. The molecular weight excluding hydrogens is 394 g/mol. The minimum Gasteiger partial charge on any atom is -0.490 e. The molecule has 154 valence electrons. The van der Waals surface area contributed by atoms with Crippen molar-refractivity contribution >= 4 is 34.5 Å². The molecule has 2 aromatic carbocycles. The van der Waals surface area contributed by atoms with Crippen LogP contribution in [0.2, 0.25) is 5.02 Å². The SMILES string of the molecule is CCOc1cc(C(=O)Nc2nc3cc(Cl)ccc3n2C)cc(OCC)c1OCC. The number of hydrogen-bond acceptors (Lipinski definition) is 5. The maximum Gasteiger partial charge on any atom is 0.258 e. The first-order valence-electron chi connectivity index (χ1n) is 9.48. The van der Waals surface area contributed by atoms with Crippen LogP contribution < -0.4 is 19.5 Å². The fourth-order valence-corrected chi connectivity index (χ4v) is 3.14. The second-order valence-electron chi connectivity index (χ2n) is 6.18. The summed E-state index contributed by atoms with van der Waals surface area (Å²) in [5.74, 6) is 1.49. The molecular formula is C21H24ClN3O4. The molecule has 0 bridgehead atoms. The van der Waals surface area contributed by atoms with Gasteiger partial charge in [-0.05, 0) is 51.1 Å². The lowest BCUT2D eigenvalue weighted by Crippen LogP contribution is -2.16. The van der Waals surface area contributed by atoms with Gasteiger partial charge in [0.05, 0.1) is 30.9 Å². The van der Waals surface area contributed by atoms with Crippen LogP contribution in [0.1, 0.15) is 31.1 Å². The lowest BCUT2D eigenvalue weighted by Gasteiger charge is -2.17. The second kappa shape index (κ2) is 9.05. The summed E-state index contributed by atoms with van der Waals surface area (Å²) in [6, 6.07) is 8.69. The number of halogens is 1. The average Bonchev–Trinajstić information content (AvgIpc) is 2.99. The van der Waals surface area contributed by atoms with Crippen molar-refractivity contribution < 1.29 is 19.0 Å². The van der Waals surface area contributed by atoms with E-state index in [0.29, 0.717) is 59.1 Å². The van der Waals surface area contributed by atoms with Crippen LogP contribution in [-0.2, 0) is 7.05 Å². The highest BCUT2D eigenvalue weighted by molar-refractivity contribution is 6.31. The van der Waals surface area contributed by atoms with E-state index in [-0.39, 0.29) is 5.91 Å². The van der Waals surface area contributed by atoms with Gasteiger partial charge >= 0.3 is 0 Å². The van der Waals surface area contributed by atoms with Crippen LogP contribution in [0.15, 0.2) is 30.3 Å². The predicted molar refractivity (Wildman–Crippen MR) is 114 cm³/mol. The number of anilines is 1. The standard InChI is InChI=1S/C21H24ClN3O4/c1-5-27-17-10-13(11-18(28-6-2)19(17)29-7-3)20(26)24-21-23-15-12-14(22)8-9-16(15)25(21)4/h8-12H,5-7H2,1-4H3,(H,23,24,26). The maximum atomic E-state index is 12.9. The highest BCUT2D eigenvalue weighted by atomic mass is 35.5. The third-order valence-electron chi connectivity index (χ3n) is 4.24. The number of nitrogens with one attached hydrogen (secondary N) is 1. The highest BCUT2D eigenvalue weighted by Crippen LogP contribution is 2.39. The van der Waals surface area contributed by atoms with E-state index in [4.69, 9.17) is 25.8 Å². The van der Waals surface area contributed by atoms with Crippen molar-refractivity contribution in [1.82, 2.24) is 9.55 Å². The van der Waals surface area contributed by atoms with Crippen LogP contribution >= 0.6 is 11.6 Å². The van der Waals surface area contributed by atoms with Crippen LogP contribution in [0.25, 0.3) is 11.0 Å². The summed E-state index contributed by atoms with van der Waals surface area (Å²) < 4.78 is 18.8. The molecule has 1 N–H and O–H groups in total. The third-order valence-corrected chi connectivity index (χ3v) is 4.47. The summed E-state index contributed by atoms with van der Waals surface area (Å²) in [6.07, 6.45) is 0. The number of aromatic nitrogens is 2. The number of carbonyl (C=O) groups excluding carboxylic acids is 1. The molecule has 0 unspecified atom stereocenters. The largest absolute Gasteiger partial charge is 0.490 e. The minimum absolute atomic E-state index is 0.334. The van der Waals surface area contributed by atoms with Gasteiger partial charge in [-0.25, -0.2) is 4.98 Å². The monoisotopic (exact) mass is 417 g/mol. The zero-order valence-corrected chi connectivity index (χ0v) is 17.7. The van der Waals surface area contributed by atoms with Crippen LogP contribution in [0, 0.1) is 0 Å². The summed E-state index contributed by atoms with van der Waals surface area (Å²) in [4.78, 5) is 17.4. The number of fused-ring (bicyclic) bond motifs is 1. The molecule has 29 heavy (non-hydrogen) atoms. The van der Waals surface area contributed by atoms with Crippen LogP contribution in [0.3, 0.4) is 0 Å². The minimum atomic E-state index is -0.334. The Morgan fingerprint density at radius 3 is 2.24 bits per heavy atom. The first kappa shape index (κ1) is 20.8. The number of carbonyl (C=O) groups is 1. The quantitative estimate of drug-likeness (QED) is 0.576. The Labute approximate surface area is 174 Å². The van der Waals surface area contributed by atoms with Crippen molar-refractivity contribution in [3.8, 4) is 17.2 Å². The molecule has 8 heteroatoms. The summed E-state index contributed by atoms with van der Waals surface area (Å²) in [5, 5.41) is 3.43. The Hall–Kier alpha value is -2.93. The number of hydrogen-bond donors (Lipinski definition) is 1. The summed E-state index contributed by atoms with van der Waals surface area (Å²) in [6.45, 7) is 6.93. The third kappa shape index (κ3) is 4.40. The van der Waals surface area contributed by atoms with Crippen LogP contribution in [-0.4, -0.2) is 35.3 Å². The first-order valence-corrected chi connectivity index (χ1v) is 9.86. The molecule has 0 fully saturated rings. The molecule has 0 aliphatic heterocycles. The molecule has 3 rings (SSSR count). The van der Waals surface area contributed by atoms with Gasteiger partial charge in [0.2, 0.25) is 11.7 Å². The summed E-state index contributed by atoms with van der Waals surface area (Å²) in [7, 11) is 1.83. The van der Waals surface area contributed by atoms with Gasteiger partial charge in [0.1, 0.15) is 0 Å². The summed E-state index contributed by atoms with van der Waals surface area (Å²) >= 11 is 6.04. The van der Waals surface area contributed by atoms with E-state index in [9.17, 15) is 4.79 Å². The van der Waals surface area contributed by atoms with Crippen molar-refractivity contribution in [2.24, 2.45) is 7.05 Å². The number of imidazole rings is 1. The molecule has 0 aliphatic rings. The fourth-order valence-electron chi connectivity index (χ4n) is 2.98. The van der Waals surface area contributed by atoms with Gasteiger partial charge in [0.25, 0.3) is 5.91 Å². The van der Waals surface area contributed by atoms with E-state index < -0.39 is 0 Å². The molecule has 7 nitrogen and oxygen atoms in total. The van der Waals surface area contributed by atoms with Crippen molar-refractivity contribution in [1.29, 1.82) is 0 Å². The van der Waals surface area contributed by atoms with E-state index in [1.54, 1.807) is 28.8 Å². The number of amides is 1. The van der Waals surface area contributed by atoms with Gasteiger partial charge in [-0.2, -0.15) is 0 Å². The number of benzene rings is 2. The Kier molecular flexibility index (Phi) is 6.49. The molecule has 1 amide bonds. The molecule has 0 atom stereocenters. The van der Waals surface area contributed by atoms with Gasteiger partial charge in [-0.1, -0.05) is 11.6 Å². The fraction of sp³-hybridized carbons (Fsp3) is 0.333. The highest BCUT2D eigenvalue weighted by Gasteiger charge is 2.20. The van der Waals surface area contributed by atoms with E-state index >= 15 is 0 Å². The molecule has 1 aromatic heterocycles. The molecule has 0 aliphatic carbocycles. The van der Waals surface area contributed by atoms with E-state index in [2.05, 4.69) is 10.3 Å². The van der Waals surface area contributed by atoms with Gasteiger partial charge < -0.3 is 18.8 Å². The number of rotatable bonds is 8. The second-order valence-corrected chi connectivity index (χ2v) is 6.62. The molecule has 1 heterocycles. The molecule has 0 spiro atoms.